The summed E-state index contributed by atoms with van der Waals surface area (Å²) in [5.41, 5.74) is 5.83. The van der Waals surface area contributed by atoms with Crippen LogP contribution in [0, 0.1) is 0 Å². The number of hydrogen-bond donors (Lipinski definition) is 1. The van der Waals surface area contributed by atoms with E-state index in [1.807, 2.05) is 30.2 Å². The molecule has 1 N–H and O–H groups in total. The smallest absolute Gasteiger partial charge is 0.227 e. The number of ketones is 1. The molecule has 0 saturated heterocycles. The first-order valence-corrected chi connectivity index (χ1v) is 14.5. The second kappa shape index (κ2) is 10.6. The first-order chi connectivity index (χ1) is 19.6. The molecule has 10 heteroatoms. The van der Waals surface area contributed by atoms with E-state index >= 15 is 0 Å². The molecular formula is C30H35N9O. The molecule has 0 bridgehead atoms. The molecule has 206 valence electrons. The van der Waals surface area contributed by atoms with Crippen molar-refractivity contribution in [3.05, 3.63) is 65.9 Å². The Labute approximate surface area is 233 Å². The number of benzene rings is 1. The van der Waals surface area contributed by atoms with E-state index in [0.717, 1.165) is 49.3 Å². The number of nitrogens with one attached hydrogen (secondary N) is 1. The summed E-state index contributed by atoms with van der Waals surface area (Å²) >= 11 is 0. The summed E-state index contributed by atoms with van der Waals surface area (Å²) in [7, 11) is 1.88. The molecule has 1 atom stereocenters. The molecule has 0 radical (unpaired) electrons. The van der Waals surface area contributed by atoms with Gasteiger partial charge in [-0.2, -0.15) is 5.10 Å². The van der Waals surface area contributed by atoms with Gasteiger partial charge in [0, 0.05) is 44.0 Å². The van der Waals surface area contributed by atoms with Crippen LogP contribution in [0.5, 0.6) is 0 Å². The van der Waals surface area contributed by atoms with Crippen LogP contribution in [0.25, 0.3) is 11.3 Å². The van der Waals surface area contributed by atoms with Crippen molar-refractivity contribution in [2.45, 2.75) is 75.9 Å². The summed E-state index contributed by atoms with van der Waals surface area (Å²) in [6.45, 7) is 1.91. The number of carbonyl (C=O) groups excluding carboxylic acids is 1. The zero-order chi connectivity index (χ0) is 27.1. The van der Waals surface area contributed by atoms with Crippen LogP contribution in [-0.4, -0.2) is 58.0 Å². The van der Waals surface area contributed by atoms with Gasteiger partial charge in [0.25, 0.3) is 0 Å². The Hall–Kier alpha value is -3.92. The fourth-order valence-corrected chi connectivity index (χ4v) is 6.11. The lowest BCUT2D eigenvalue weighted by molar-refractivity contribution is 0.0958. The van der Waals surface area contributed by atoms with Crippen molar-refractivity contribution < 1.29 is 4.79 Å². The first kappa shape index (κ1) is 25.1. The minimum atomic E-state index is 0.0876. The highest BCUT2D eigenvalue weighted by Crippen LogP contribution is 2.38. The molecule has 7 rings (SSSR count). The average molecular weight is 538 g/mol. The number of carbonyl (C=O) groups is 1. The molecule has 1 aromatic carbocycles. The summed E-state index contributed by atoms with van der Waals surface area (Å²) in [6, 6.07) is 9.62. The fourth-order valence-electron chi connectivity index (χ4n) is 6.11. The monoisotopic (exact) mass is 537 g/mol. The topological polar surface area (TPSA) is 107 Å². The van der Waals surface area contributed by atoms with Crippen molar-refractivity contribution in [2.75, 3.05) is 11.9 Å². The van der Waals surface area contributed by atoms with E-state index in [9.17, 15) is 4.79 Å². The summed E-state index contributed by atoms with van der Waals surface area (Å²) < 4.78 is 3.63. The summed E-state index contributed by atoms with van der Waals surface area (Å²) in [5, 5.41) is 16.0. The maximum atomic E-state index is 13.4. The lowest BCUT2D eigenvalue weighted by Gasteiger charge is -2.37. The van der Waals surface area contributed by atoms with E-state index in [-0.39, 0.29) is 11.7 Å². The van der Waals surface area contributed by atoms with Crippen LogP contribution in [0.3, 0.4) is 0 Å². The number of Topliss-reactive ketones (excluding diaryl/α,β-unsaturated/α-hetero) is 1. The van der Waals surface area contributed by atoms with Crippen molar-refractivity contribution in [2.24, 2.45) is 7.05 Å². The molecule has 2 aliphatic carbocycles. The van der Waals surface area contributed by atoms with Crippen LogP contribution >= 0.6 is 0 Å². The number of anilines is 2. The van der Waals surface area contributed by atoms with Gasteiger partial charge >= 0.3 is 0 Å². The Morgan fingerprint density at radius 1 is 1.05 bits per heavy atom. The first-order valence-electron chi connectivity index (χ1n) is 14.5. The van der Waals surface area contributed by atoms with Gasteiger partial charge in [-0.25, -0.2) is 14.6 Å². The van der Waals surface area contributed by atoms with Crippen LogP contribution in [0.4, 0.5) is 11.6 Å². The van der Waals surface area contributed by atoms with Crippen molar-refractivity contribution in [1.82, 2.24) is 39.6 Å². The minimum Gasteiger partial charge on any atom is -0.321 e. The second-order valence-corrected chi connectivity index (χ2v) is 11.5. The summed E-state index contributed by atoms with van der Waals surface area (Å²) in [4.78, 5) is 25.2. The fraction of sp³-hybridized carbons (Fsp3) is 0.467. The molecule has 1 unspecified atom stereocenters. The van der Waals surface area contributed by atoms with Crippen molar-refractivity contribution in [3.63, 3.8) is 0 Å². The van der Waals surface area contributed by atoms with E-state index in [1.165, 1.54) is 36.8 Å². The highest BCUT2D eigenvalue weighted by Gasteiger charge is 2.31. The number of fused-ring (bicyclic) bond motifs is 1. The van der Waals surface area contributed by atoms with Crippen molar-refractivity contribution in [1.29, 1.82) is 0 Å². The van der Waals surface area contributed by atoms with Gasteiger partial charge < -0.3 is 5.32 Å². The number of hydrogen-bond acceptors (Lipinski definition) is 8. The predicted octanol–water partition coefficient (Wildman–Crippen LogP) is 5.05. The summed E-state index contributed by atoms with van der Waals surface area (Å²) in [6.07, 6.45) is 16.0. The molecule has 0 amide bonds. The van der Waals surface area contributed by atoms with E-state index in [2.05, 4.69) is 48.8 Å². The van der Waals surface area contributed by atoms with Gasteiger partial charge in [0.05, 0.1) is 29.8 Å². The molecule has 4 aromatic rings. The molecule has 2 saturated carbocycles. The Morgan fingerprint density at radius 3 is 2.65 bits per heavy atom. The number of aryl methyl sites for hydroxylation is 1. The molecule has 40 heavy (non-hydrogen) atoms. The van der Waals surface area contributed by atoms with Gasteiger partial charge in [0.15, 0.2) is 5.78 Å². The Balaban J connectivity index is 1.15. The van der Waals surface area contributed by atoms with Gasteiger partial charge in [-0.15, -0.1) is 5.10 Å². The zero-order valence-electron chi connectivity index (χ0n) is 22.9. The SMILES string of the molecule is Cn1cc(Nc2nccc(-c3ccc4c(c3)CN(C3CCC3)CCC4CC(=O)c3cn(C4CCC4)nn3)n2)cn1. The highest BCUT2D eigenvalue weighted by atomic mass is 16.1. The van der Waals surface area contributed by atoms with Crippen LogP contribution in [0.15, 0.2) is 49.1 Å². The molecule has 1 aliphatic heterocycles. The minimum absolute atomic E-state index is 0.0876. The van der Waals surface area contributed by atoms with Gasteiger partial charge in [0.1, 0.15) is 5.69 Å². The van der Waals surface area contributed by atoms with Crippen LogP contribution in [0.1, 0.15) is 84.9 Å². The third-order valence-corrected chi connectivity index (χ3v) is 8.90. The third-order valence-electron chi connectivity index (χ3n) is 8.90. The number of rotatable bonds is 8. The zero-order valence-corrected chi connectivity index (χ0v) is 22.9. The third kappa shape index (κ3) is 5.03. The predicted molar refractivity (Wildman–Crippen MR) is 151 cm³/mol. The van der Waals surface area contributed by atoms with Crippen molar-refractivity contribution in [3.8, 4) is 11.3 Å². The van der Waals surface area contributed by atoms with Crippen molar-refractivity contribution >= 4 is 17.4 Å². The Morgan fingerprint density at radius 2 is 1.90 bits per heavy atom. The maximum absolute atomic E-state index is 13.4. The van der Waals surface area contributed by atoms with E-state index in [0.29, 0.717) is 30.1 Å². The quantitative estimate of drug-likeness (QED) is 0.311. The Kier molecular flexibility index (Phi) is 6.63. The van der Waals surface area contributed by atoms with Gasteiger partial charge in [-0.05, 0) is 74.2 Å². The van der Waals surface area contributed by atoms with Gasteiger partial charge in [-0.3, -0.25) is 14.4 Å². The number of aromatic nitrogens is 7. The standard InChI is InChI=1S/C30H35N9O/c1-37-18-23(16-32-37)33-30-31-12-10-27(34-30)21-8-9-26-20(11-13-38(17-22(26)14-21)24-4-2-5-24)15-29(40)28-19-39(36-35-28)25-6-3-7-25/h8-10,12,14,16,18-20,24-25H,2-7,11,13,15,17H2,1H3,(H,31,33,34). The lowest BCUT2D eigenvalue weighted by atomic mass is 9.87. The van der Waals surface area contributed by atoms with E-state index in [1.54, 1.807) is 17.1 Å². The second-order valence-electron chi connectivity index (χ2n) is 11.5. The molecule has 3 aromatic heterocycles. The normalized spacial score (nSPS) is 19.9. The maximum Gasteiger partial charge on any atom is 0.227 e. The van der Waals surface area contributed by atoms with Crippen LogP contribution in [-0.2, 0) is 13.6 Å². The lowest BCUT2D eigenvalue weighted by Crippen LogP contribution is -2.39. The molecule has 3 aliphatic rings. The van der Waals surface area contributed by atoms with E-state index in [4.69, 9.17) is 4.98 Å². The molecular weight excluding hydrogens is 502 g/mol. The number of nitrogens with zero attached hydrogens (tertiary/aromatic N) is 8. The van der Waals surface area contributed by atoms with Crippen LogP contribution < -0.4 is 5.32 Å². The molecule has 0 spiro atoms. The molecule has 4 heterocycles. The highest BCUT2D eigenvalue weighted by molar-refractivity contribution is 5.94. The average Bonchev–Trinajstić information content (AvgIpc) is 3.49. The van der Waals surface area contributed by atoms with Crippen LogP contribution in [0.2, 0.25) is 0 Å². The molecule has 2 fully saturated rings. The van der Waals surface area contributed by atoms with Gasteiger partial charge in [-0.1, -0.05) is 23.8 Å². The Bertz CT molecular complexity index is 1520. The molecule has 10 nitrogen and oxygen atoms in total. The van der Waals surface area contributed by atoms with Gasteiger partial charge in [0.2, 0.25) is 5.95 Å². The summed E-state index contributed by atoms with van der Waals surface area (Å²) in [5.74, 6) is 0.781. The van der Waals surface area contributed by atoms with E-state index < -0.39 is 0 Å². The largest absolute Gasteiger partial charge is 0.321 e.